The summed E-state index contributed by atoms with van der Waals surface area (Å²) in [5.41, 5.74) is 6.14. The van der Waals surface area contributed by atoms with E-state index in [1.807, 2.05) is 37.1 Å². The van der Waals surface area contributed by atoms with Crippen molar-refractivity contribution in [2.45, 2.75) is 13.8 Å². The Balaban J connectivity index is 2.43. The van der Waals surface area contributed by atoms with Crippen LogP contribution in [0.1, 0.15) is 24.2 Å². The van der Waals surface area contributed by atoms with Gasteiger partial charge < -0.3 is 0 Å². The highest BCUT2D eigenvalue weighted by Crippen LogP contribution is 1.96. The van der Waals surface area contributed by atoms with E-state index in [0.717, 1.165) is 13.1 Å². The second-order valence-electron chi connectivity index (χ2n) is 3.10. The van der Waals surface area contributed by atoms with Crippen molar-refractivity contribution >= 4 is 5.91 Å². The van der Waals surface area contributed by atoms with Crippen molar-refractivity contribution in [1.82, 2.24) is 16.0 Å². The average molecular weight is 207 g/mol. The van der Waals surface area contributed by atoms with Crippen LogP contribution in [0.4, 0.5) is 0 Å². The number of rotatable bonds is 5. The SMILES string of the molecule is CCN(CC)NNC(=O)c1ccccc1. The van der Waals surface area contributed by atoms with Crippen LogP contribution in [0.3, 0.4) is 0 Å². The molecular formula is C11H17N3O. The van der Waals surface area contributed by atoms with Crippen LogP contribution >= 0.6 is 0 Å². The lowest BCUT2D eigenvalue weighted by atomic mass is 10.2. The lowest BCUT2D eigenvalue weighted by Gasteiger charge is -2.19. The first kappa shape index (κ1) is 11.7. The monoisotopic (exact) mass is 207 g/mol. The molecule has 0 heterocycles. The predicted octanol–water partition coefficient (Wildman–Crippen LogP) is 1.18. The summed E-state index contributed by atoms with van der Waals surface area (Å²) in [5.74, 6) is -0.123. The Kier molecular flexibility index (Phi) is 4.80. The molecule has 1 amide bonds. The molecule has 0 bridgehead atoms. The molecule has 1 rings (SSSR count). The third-order valence-corrected chi connectivity index (χ3v) is 2.13. The van der Waals surface area contributed by atoms with E-state index in [1.165, 1.54) is 0 Å². The fourth-order valence-electron chi connectivity index (χ4n) is 1.17. The number of carbonyl (C=O) groups is 1. The van der Waals surface area contributed by atoms with Gasteiger partial charge in [-0.15, -0.1) is 0 Å². The van der Waals surface area contributed by atoms with Gasteiger partial charge in [-0.05, 0) is 12.1 Å². The fraction of sp³-hybridized carbons (Fsp3) is 0.364. The number of carbonyl (C=O) groups excluding carboxylic acids is 1. The van der Waals surface area contributed by atoms with Crippen molar-refractivity contribution in [3.63, 3.8) is 0 Å². The predicted molar refractivity (Wildman–Crippen MR) is 60.0 cm³/mol. The fourth-order valence-corrected chi connectivity index (χ4v) is 1.17. The highest BCUT2D eigenvalue weighted by molar-refractivity contribution is 5.93. The van der Waals surface area contributed by atoms with E-state index < -0.39 is 0 Å². The molecule has 0 saturated carbocycles. The largest absolute Gasteiger partial charge is 0.274 e. The minimum atomic E-state index is -0.123. The topological polar surface area (TPSA) is 44.4 Å². The molecule has 0 fully saturated rings. The molecule has 1 aromatic rings. The van der Waals surface area contributed by atoms with E-state index in [4.69, 9.17) is 0 Å². The molecule has 15 heavy (non-hydrogen) atoms. The van der Waals surface area contributed by atoms with Gasteiger partial charge >= 0.3 is 0 Å². The highest BCUT2D eigenvalue weighted by Gasteiger charge is 2.04. The standard InChI is InChI=1S/C11H17N3O/c1-3-14(4-2)13-12-11(15)10-8-6-5-7-9-10/h5-9,13H,3-4H2,1-2H3,(H,12,15). The summed E-state index contributed by atoms with van der Waals surface area (Å²) in [6.45, 7) is 5.72. The Labute approximate surface area is 90.2 Å². The molecule has 0 aliphatic carbocycles. The Morgan fingerprint density at radius 1 is 1.20 bits per heavy atom. The van der Waals surface area contributed by atoms with Gasteiger partial charge in [0, 0.05) is 18.7 Å². The lowest BCUT2D eigenvalue weighted by molar-refractivity contribution is 0.0835. The lowest BCUT2D eigenvalue weighted by Crippen LogP contribution is -2.49. The van der Waals surface area contributed by atoms with Gasteiger partial charge in [0.2, 0.25) is 0 Å². The van der Waals surface area contributed by atoms with Gasteiger partial charge in [-0.3, -0.25) is 10.2 Å². The number of hydrazine groups is 2. The van der Waals surface area contributed by atoms with E-state index in [9.17, 15) is 4.79 Å². The van der Waals surface area contributed by atoms with Crippen molar-refractivity contribution in [2.75, 3.05) is 13.1 Å². The number of nitrogens with zero attached hydrogens (tertiary/aromatic N) is 1. The second kappa shape index (κ2) is 6.16. The molecule has 0 aliphatic heterocycles. The Morgan fingerprint density at radius 3 is 2.33 bits per heavy atom. The summed E-state index contributed by atoms with van der Waals surface area (Å²) >= 11 is 0. The summed E-state index contributed by atoms with van der Waals surface area (Å²) in [6, 6.07) is 9.12. The van der Waals surface area contributed by atoms with Crippen molar-refractivity contribution in [1.29, 1.82) is 0 Å². The first-order valence-corrected chi connectivity index (χ1v) is 5.14. The minimum absolute atomic E-state index is 0.123. The smallest absolute Gasteiger partial charge is 0.266 e. The van der Waals surface area contributed by atoms with E-state index in [1.54, 1.807) is 12.1 Å². The number of hydrogen-bond acceptors (Lipinski definition) is 3. The first-order chi connectivity index (χ1) is 7.27. The summed E-state index contributed by atoms with van der Waals surface area (Å²) in [4.78, 5) is 11.6. The normalized spacial score (nSPS) is 10.3. The van der Waals surface area contributed by atoms with Crippen LogP contribution in [-0.2, 0) is 0 Å². The average Bonchev–Trinajstić information content (AvgIpc) is 2.31. The van der Waals surface area contributed by atoms with Gasteiger partial charge in [-0.1, -0.05) is 32.0 Å². The zero-order valence-corrected chi connectivity index (χ0v) is 9.16. The van der Waals surface area contributed by atoms with Gasteiger partial charge in [0.05, 0.1) is 0 Å². The highest BCUT2D eigenvalue weighted by atomic mass is 16.2. The van der Waals surface area contributed by atoms with Gasteiger partial charge in [0.25, 0.3) is 5.91 Å². The molecular weight excluding hydrogens is 190 g/mol. The minimum Gasteiger partial charge on any atom is -0.274 e. The van der Waals surface area contributed by atoms with Gasteiger partial charge in [-0.2, -0.15) is 5.53 Å². The van der Waals surface area contributed by atoms with E-state index >= 15 is 0 Å². The quantitative estimate of drug-likeness (QED) is 0.713. The Hall–Kier alpha value is -1.39. The molecule has 4 nitrogen and oxygen atoms in total. The molecule has 0 aliphatic rings. The molecule has 0 saturated heterocycles. The van der Waals surface area contributed by atoms with Crippen LogP contribution in [-0.4, -0.2) is 24.0 Å². The summed E-state index contributed by atoms with van der Waals surface area (Å²) in [7, 11) is 0. The Bertz CT molecular complexity index is 296. The van der Waals surface area contributed by atoms with Crippen molar-refractivity contribution in [2.24, 2.45) is 0 Å². The Morgan fingerprint density at radius 2 is 1.80 bits per heavy atom. The molecule has 0 spiro atoms. The van der Waals surface area contributed by atoms with Crippen molar-refractivity contribution in [3.8, 4) is 0 Å². The molecule has 82 valence electrons. The summed E-state index contributed by atoms with van der Waals surface area (Å²) < 4.78 is 0. The van der Waals surface area contributed by atoms with Crippen LogP contribution in [0, 0.1) is 0 Å². The second-order valence-corrected chi connectivity index (χ2v) is 3.10. The van der Waals surface area contributed by atoms with Crippen LogP contribution in [0.25, 0.3) is 0 Å². The number of hydrogen-bond donors (Lipinski definition) is 2. The number of amides is 1. The van der Waals surface area contributed by atoms with E-state index in [0.29, 0.717) is 5.56 Å². The van der Waals surface area contributed by atoms with Crippen LogP contribution in [0.15, 0.2) is 30.3 Å². The third kappa shape index (κ3) is 3.69. The number of benzene rings is 1. The van der Waals surface area contributed by atoms with Gasteiger partial charge in [-0.25, -0.2) is 5.01 Å². The molecule has 2 N–H and O–H groups in total. The number of nitrogens with one attached hydrogen (secondary N) is 2. The molecule has 0 unspecified atom stereocenters. The molecule has 1 aromatic carbocycles. The maximum Gasteiger partial charge on any atom is 0.266 e. The van der Waals surface area contributed by atoms with Gasteiger partial charge in [0.1, 0.15) is 0 Å². The maximum atomic E-state index is 11.6. The molecule has 0 radical (unpaired) electrons. The molecule has 4 heteroatoms. The first-order valence-electron chi connectivity index (χ1n) is 5.14. The third-order valence-electron chi connectivity index (χ3n) is 2.13. The zero-order chi connectivity index (χ0) is 11.1. The van der Waals surface area contributed by atoms with Crippen LogP contribution in [0.2, 0.25) is 0 Å². The maximum absolute atomic E-state index is 11.6. The van der Waals surface area contributed by atoms with Crippen LogP contribution in [0.5, 0.6) is 0 Å². The summed E-state index contributed by atoms with van der Waals surface area (Å²) in [5, 5.41) is 1.90. The summed E-state index contributed by atoms with van der Waals surface area (Å²) in [6.07, 6.45) is 0. The van der Waals surface area contributed by atoms with Crippen molar-refractivity contribution in [3.05, 3.63) is 35.9 Å². The molecule has 0 aromatic heterocycles. The van der Waals surface area contributed by atoms with Crippen molar-refractivity contribution < 1.29 is 4.79 Å². The van der Waals surface area contributed by atoms with Crippen LogP contribution < -0.4 is 11.0 Å². The van der Waals surface area contributed by atoms with E-state index in [-0.39, 0.29) is 5.91 Å². The zero-order valence-electron chi connectivity index (χ0n) is 9.16. The molecule has 0 atom stereocenters. The van der Waals surface area contributed by atoms with E-state index in [2.05, 4.69) is 11.0 Å². The van der Waals surface area contributed by atoms with Gasteiger partial charge in [0.15, 0.2) is 0 Å².